The summed E-state index contributed by atoms with van der Waals surface area (Å²) in [5, 5.41) is 13.2. The van der Waals surface area contributed by atoms with Gasteiger partial charge in [0, 0.05) is 12.1 Å². The quantitative estimate of drug-likeness (QED) is 0.809. The number of nitriles is 1. The largest absolute Gasteiger partial charge is 0.309 e. The number of nitrogens with zero attached hydrogens (tertiary/aromatic N) is 1. The summed E-state index contributed by atoms with van der Waals surface area (Å²) in [5.41, 5.74) is 0.895. The number of fused-ring (bicyclic) bond motifs is 2. The van der Waals surface area contributed by atoms with Crippen LogP contribution < -0.4 is 5.32 Å². The zero-order chi connectivity index (χ0) is 13.0. The molecule has 3 rings (SSSR count). The maximum absolute atomic E-state index is 9.25. The molecule has 1 N–H and O–H groups in total. The number of nitrogens with one attached hydrogen (secondary N) is 1. The van der Waals surface area contributed by atoms with Crippen molar-refractivity contribution in [2.75, 3.05) is 0 Å². The van der Waals surface area contributed by atoms with Crippen LogP contribution in [0.15, 0.2) is 0 Å². The molecule has 0 aromatic rings. The van der Waals surface area contributed by atoms with E-state index < -0.39 is 0 Å². The smallest absolute Gasteiger partial charge is 0.0672 e. The highest BCUT2D eigenvalue weighted by atomic mass is 15.0. The molecule has 3 aliphatic carbocycles. The predicted octanol–water partition coefficient (Wildman–Crippen LogP) is 3.48. The summed E-state index contributed by atoms with van der Waals surface area (Å²) in [6.07, 6.45) is 7.70. The van der Waals surface area contributed by atoms with Gasteiger partial charge in [0.1, 0.15) is 0 Å². The van der Waals surface area contributed by atoms with Gasteiger partial charge in [-0.15, -0.1) is 0 Å². The fourth-order valence-electron chi connectivity index (χ4n) is 5.25. The molecule has 5 unspecified atom stereocenters. The Morgan fingerprint density at radius 3 is 2.56 bits per heavy atom. The van der Waals surface area contributed by atoms with Crippen LogP contribution in [-0.4, -0.2) is 12.1 Å². The average molecular weight is 246 g/mol. The van der Waals surface area contributed by atoms with Crippen LogP contribution in [0.1, 0.15) is 59.3 Å². The molecule has 18 heavy (non-hydrogen) atoms. The molecule has 0 heterocycles. The second-order valence-electron chi connectivity index (χ2n) is 7.79. The van der Waals surface area contributed by atoms with Crippen LogP contribution in [-0.2, 0) is 0 Å². The SMILES string of the molecule is CC12CCC(C1)C(C)(C)C2NC1CCCC1C#N. The Morgan fingerprint density at radius 1 is 1.17 bits per heavy atom. The van der Waals surface area contributed by atoms with E-state index in [0.717, 1.165) is 12.3 Å². The van der Waals surface area contributed by atoms with E-state index in [0.29, 0.717) is 22.9 Å². The predicted molar refractivity (Wildman–Crippen MR) is 72.9 cm³/mol. The minimum absolute atomic E-state index is 0.253. The van der Waals surface area contributed by atoms with E-state index >= 15 is 0 Å². The van der Waals surface area contributed by atoms with Crippen LogP contribution in [0, 0.1) is 34.0 Å². The van der Waals surface area contributed by atoms with Crippen molar-refractivity contribution >= 4 is 0 Å². The van der Waals surface area contributed by atoms with E-state index in [1.807, 2.05) is 0 Å². The van der Waals surface area contributed by atoms with E-state index in [9.17, 15) is 5.26 Å². The summed E-state index contributed by atoms with van der Waals surface area (Å²) in [6.45, 7) is 7.35. The third kappa shape index (κ3) is 1.63. The fraction of sp³-hybridized carbons (Fsp3) is 0.938. The Kier molecular flexibility index (Phi) is 2.75. The molecule has 0 amide bonds. The number of hydrogen-bond acceptors (Lipinski definition) is 2. The van der Waals surface area contributed by atoms with Gasteiger partial charge in [0.05, 0.1) is 12.0 Å². The van der Waals surface area contributed by atoms with Gasteiger partial charge < -0.3 is 5.32 Å². The lowest BCUT2D eigenvalue weighted by Gasteiger charge is -2.45. The molecule has 2 bridgehead atoms. The number of hydrogen-bond donors (Lipinski definition) is 1. The summed E-state index contributed by atoms with van der Waals surface area (Å²) in [6, 6.07) is 3.58. The minimum Gasteiger partial charge on any atom is -0.309 e. The molecule has 3 fully saturated rings. The zero-order valence-electron chi connectivity index (χ0n) is 12.0. The summed E-state index contributed by atoms with van der Waals surface area (Å²) >= 11 is 0. The van der Waals surface area contributed by atoms with Gasteiger partial charge in [-0.1, -0.05) is 27.2 Å². The van der Waals surface area contributed by atoms with Crippen molar-refractivity contribution in [3.63, 3.8) is 0 Å². The highest BCUT2D eigenvalue weighted by molar-refractivity contribution is 5.13. The summed E-state index contributed by atoms with van der Waals surface area (Å²) in [5.74, 6) is 1.14. The minimum atomic E-state index is 0.253. The molecule has 0 radical (unpaired) electrons. The summed E-state index contributed by atoms with van der Waals surface area (Å²) in [7, 11) is 0. The van der Waals surface area contributed by atoms with Gasteiger partial charge in [-0.25, -0.2) is 0 Å². The lowest BCUT2D eigenvalue weighted by molar-refractivity contribution is 0.0957. The van der Waals surface area contributed by atoms with Crippen LogP contribution in [0.3, 0.4) is 0 Å². The fourth-order valence-corrected chi connectivity index (χ4v) is 5.25. The van der Waals surface area contributed by atoms with E-state index in [1.54, 1.807) is 0 Å². The zero-order valence-corrected chi connectivity index (χ0v) is 12.0. The molecule has 0 aromatic carbocycles. The molecule has 3 aliphatic rings. The molecular weight excluding hydrogens is 220 g/mol. The van der Waals surface area contributed by atoms with Crippen molar-refractivity contribution in [3.8, 4) is 6.07 Å². The van der Waals surface area contributed by atoms with Crippen molar-refractivity contribution in [3.05, 3.63) is 0 Å². The lowest BCUT2D eigenvalue weighted by Crippen LogP contribution is -2.54. The van der Waals surface area contributed by atoms with Gasteiger partial charge in [-0.3, -0.25) is 0 Å². The maximum Gasteiger partial charge on any atom is 0.0672 e. The van der Waals surface area contributed by atoms with Gasteiger partial charge in [0.25, 0.3) is 0 Å². The van der Waals surface area contributed by atoms with Gasteiger partial charge in [0.2, 0.25) is 0 Å². The molecule has 100 valence electrons. The Morgan fingerprint density at radius 2 is 1.94 bits per heavy atom. The Balaban J connectivity index is 1.78. The first-order chi connectivity index (χ1) is 8.47. The molecule has 0 spiro atoms. The van der Waals surface area contributed by atoms with Crippen LogP contribution in [0.5, 0.6) is 0 Å². The summed E-state index contributed by atoms with van der Waals surface area (Å²) in [4.78, 5) is 0. The van der Waals surface area contributed by atoms with Crippen LogP contribution in [0.2, 0.25) is 0 Å². The maximum atomic E-state index is 9.25. The Hall–Kier alpha value is -0.550. The molecule has 5 atom stereocenters. The van der Waals surface area contributed by atoms with Crippen molar-refractivity contribution in [2.24, 2.45) is 22.7 Å². The van der Waals surface area contributed by atoms with Crippen molar-refractivity contribution in [1.82, 2.24) is 5.32 Å². The van der Waals surface area contributed by atoms with Crippen LogP contribution in [0.25, 0.3) is 0 Å². The van der Waals surface area contributed by atoms with Gasteiger partial charge in [-0.05, 0) is 48.9 Å². The molecule has 2 heteroatoms. The lowest BCUT2D eigenvalue weighted by atomic mass is 9.68. The standard InChI is InChI=1S/C16H26N2/c1-15(2)12-7-8-16(3,9-12)14(15)18-13-6-4-5-11(13)10-17/h11-14,18H,4-9H2,1-3H3. The second-order valence-corrected chi connectivity index (χ2v) is 7.79. The first-order valence-electron chi connectivity index (χ1n) is 7.63. The van der Waals surface area contributed by atoms with Gasteiger partial charge in [0.15, 0.2) is 0 Å². The second kappa shape index (κ2) is 3.97. The Labute approximate surface area is 111 Å². The Bertz CT molecular complexity index is 376. The monoisotopic (exact) mass is 246 g/mol. The first kappa shape index (κ1) is 12.5. The third-order valence-corrected chi connectivity index (χ3v) is 6.33. The normalized spacial score (nSPS) is 49.4. The van der Waals surface area contributed by atoms with Gasteiger partial charge >= 0.3 is 0 Å². The molecule has 0 aromatic heterocycles. The van der Waals surface area contributed by atoms with E-state index in [4.69, 9.17) is 0 Å². The molecule has 3 saturated carbocycles. The number of rotatable bonds is 2. The third-order valence-electron chi connectivity index (χ3n) is 6.33. The first-order valence-corrected chi connectivity index (χ1v) is 7.63. The highest BCUT2D eigenvalue weighted by Crippen LogP contribution is 2.62. The highest BCUT2D eigenvalue weighted by Gasteiger charge is 2.59. The molecular formula is C16H26N2. The van der Waals surface area contributed by atoms with E-state index in [2.05, 4.69) is 32.2 Å². The van der Waals surface area contributed by atoms with E-state index in [1.165, 1.54) is 32.1 Å². The van der Waals surface area contributed by atoms with E-state index in [-0.39, 0.29) is 5.92 Å². The summed E-state index contributed by atoms with van der Waals surface area (Å²) < 4.78 is 0. The van der Waals surface area contributed by atoms with Crippen molar-refractivity contribution in [2.45, 2.75) is 71.4 Å². The molecule has 0 saturated heterocycles. The van der Waals surface area contributed by atoms with Crippen molar-refractivity contribution in [1.29, 1.82) is 5.26 Å². The topological polar surface area (TPSA) is 35.8 Å². The van der Waals surface area contributed by atoms with Crippen molar-refractivity contribution < 1.29 is 0 Å². The average Bonchev–Trinajstić information content (AvgIpc) is 2.95. The molecule has 0 aliphatic heterocycles. The van der Waals surface area contributed by atoms with Crippen LogP contribution >= 0.6 is 0 Å². The van der Waals surface area contributed by atoms with Crippen LogP contribution in [0.4, 0.5) is 0 Å². The molecule has 2 nitrogen and oxygen atoms in total. The van der Waals surface area contributed by atoms with Gasteiger partial charge in [-0.2, -0.15) is 5.26 Å².